The van der Waals surface area contributed by atoms with Crippen molar-refractivity contribution in [3.05, 3.63) is 65.2 Å². The second-order valence-corrected chi connectivity index (χ2v) is 6.64. The number of hydrogen-bond donors (Lipinski definition) is 0. The summed E-state index contributed by atoms with van der Waals surface area (Å²) in [4.78, 5) is 28.3. The van der Waals surface area contributed by atoms with Gasteiger partial charge in [-0.05, 0) is 37.0 Å². The molecule has 0 radical (unpaired) electrons. The summed E-state index contributed by atoms with van der Waals surface area (Å²) < 4.78 is 0. The fraction of sp³-hybridized carbons (Fsp3) is 0.333. The van der Waals surface area contributed by atoms with Crippen molar-refractivity contribution in [3.8, 4) is 0 Å². The van der Waals surface area contributed by atoms with Gasteiger partial charge in [0.2, 0.25) is 11.8 Å². The number of rotatable bonds is 4. The van der Waals surface area contributed by atoms with Crippen molar-refractivity contribution in [3.63, 3.8) is 0 Å². The van der Waals surface area contributed by atoms with Crippen LogP contribution in [0.3, 0.4) is 0 Å². The van der Waals surface area contributed by atoms with E-state index in [4.69, 9.17) is 0 Å². The van der Waals surface area contributed by atoms with Crippen molar-refractivity contribution in [2.75, 3.05) is 18.0 Å². The third-order valence-corrected chi connectivity index (χ3v) is 4.68. The molecule has 4 heteroatoms. The SMILES string of the molecule is CC(=O)N(CC(=O)N1CCCc2ccccc21)Cc1ccc(C)cc1. The van der Waals surface area contributed by atoms with Crippen molar-refractivity contribution < 1.29 is 9.59 Å². The van der Waals surface area contributed by atoms with Crippen LogP contribution in [0.5, 0.6) is 0 Å². The minimum atomic E-state index is -0.0841. The molecule has 130 valence electrons. The van der Waals surface area contributed by atoms with Crippen LogP contribution in [0.15, 0.2) is 48.5 Å². The van der Waals surface area contributed by atoms with Gasteiger partial charge in [0.25, 0.3) is 0 Å². The van der Waals surface area contributed by atoms with Gasteiger partial charge in [0.1, 0.15) is 6.54 Å². The second kappa shape index (κ2) is 7.51. The van der Waals surface area contributed by atoms with Crippen LogP contribution in [0.2, 0.25) is 0 Å². The maximum Gasteiger partial charge on any atom is 0.246 e. The molecule has 3 rings (SSSR count). The molecule has 0 atom stereocenters. The van der Waals surface area contributed by atoms with Gasteiger partial charge in [0.05, 0.1) is 0 Å². The predicted octanol–water partition coefficient (Wildman–Crippen LogP) is 3.32. The largest absolute Gasteiger partial charge is 0.329 e. The minimum absolute atomic E-state index is 0.0190. The zero-order valence-corrected chi connectivity index (χ0v) is 14.9. The molecular weight excluding hydrogens is 312 g/mol. The van der Waals surface area contributed by atoms with E-state index >= 15 is 0 Å². The van der Waals surface area contributed by atoms with E-state index < -0.39 is 0 Å². The molecule has 4 nitrogen and oxygen atoms in total. The van der Waals surface area contributed by atoms with Gasteiger partial charge in [-0.3, -0.25) is 9.59 Å². The molecule has 0 spiro atoms. The van der Waals surface area contributed by atoms with Gasteiger partial charge in [0.15, 0.2) is 0 Å². The van der Waals surface area contributed by atoms with Crippen LogP contribution in [0.4, 0.5) is 5.69 Å². The molecule has 1 aliphatic heterocycles. The van der Waals surface area contributed by atoms with E-state index in [2.05, 4.69) is 6.07 Å². The lowest BCUT2D eigenvalue weighted by Gasteiger charge is -2.31. The fourth-order valence-electron chi connectivity index (χ4n) is 3.23. The first kappa shape index (κ1) is 17.2. The molecule has 2 amide bonds. The Kier molecular flexibility index (Phi) is 5.17. The molecule has 0 aromatic heterocycles. The third kappa shape index (κ3) is 4.08. The van der Waals surface area contributed by atoms with E-state index in [0.717, 1.165) is 24.1 Å². The van der Waals surface area contributed by atoms with Gasteiger partial charge >= 0.3 is 0 Å². The zero-order valence-electron chi connectivity index (χ0n) is 14.9. The number of carbonyl (C=O) groups excluding carboxylic acids is 2. The summed E-state index contributed by atoms with van der Waals surface area (Å²) in [6, 6.07) is 16.1. The lowest BCUT2D eigenvalue weighted by atomic mass is 10.0. The first-order valence-electron chi connectivity index (χ1n) is 8.74. The number of anilines is 1. The molecule has 0 aliphatic carbocycles. The Morgan fingerprint density at radius 1 is 1.08 bits per heavy atom. The van der Waals surface area contributed by atoms with Gasteiger partial charge < -0.3 is 9.80 Å². The lowest BCUT2D eigenvalue weighted by molar-refractivity contribution is -0.134. The van der Waals surface area contributed by atoms with Crippen molar-refractivity contribution in [2.24, 2.45) is 0 Å². The Labute approximate surface area is 149 Å². The molecule has 0 saturated carbocycles. The maximum atomic E-state index is 12.9. The van der Waals surface area contributed by atoms with E-state index in [-0.39, 0.29) is 18.4 Å². The summed E-state index contributed by atoms with van der Waals surface area (Å²) >= 11 is 0. The second-order valence-electron chi connectivity index (χ2n) is 6.64. The number of fused-ring (bicyclic) bond motifs is 1. The van der Waals surface area contributed by atoms with Gasteiger partial charge in [-0.25, -0.2) is 0 Å². The first-order chi connectivity index (χ1) is 12.0. The van der Waals surface area contributed by atoms with Crippen LogP contribution in [-0.2, 0) is 22.6 Å². The molecule has 2 aromatic carbocycles. The zero-order chi connectivity index (χ0) is 17.8. The Morgan fingerprint density at radius 2 is 1.80 bits per heavy atom. The van der Waals surface area contributed by atoms with E-state index in [1.165, 1.54) is 18.1 Å². The van der Waals surface area contributed by atoms with Crippen LogP contribution in [-0.4, -0.2) is 29.8 Å². The van der Waals surface area contributed by atoms with Gasteiger partial charge in [-0.1, -0.05) is 48.0 Å². The van der Waals surface area contributed by atoms with Crippen LogP contribution in [0.1, 0.15) is 30.0 Å². The van der Waals surface area contributed by atoms with Gasteiger partial charge in [-0.2, -0.15) is 0 Å². The molecule has 0 N–H and O–H groups in total. The quantitative estimate of drug-likeness (QED) is 0.859. The summed E-state index contributed by atoms with van der Waals surface area (Å²) in [6.07, 6.45) is 1.96. The number of aryl methyl sites for hydroxylation is 2. The highest BCUT2D eigenvalue weighted by Crippen LogP contribution is 2.26. The lowest BCUT2D eigenvalue weighted by Crippen LogP contribution is -2.44. The van der Waals surface area contributed by atoms with E-state index in [0.29, 0.717) is 13.1 Å². The minimum Gasteiger partial charge on any atom is -0.329 e. The Bertz CT molecular complexity index is 768. The predicted molar refractivity (Wildman–Crippen MR) is 99.4 cm³/mol. The molecule has 2 aromatic rings. The molecule has 0 unspecified atom stereocenters. The number of amides is 2. The molecule has 0 saturated heterocycles. The highest BCUT2D eigenvalue weighted by Gasteiger charge is 2.24. The number of benzene rings is 2. The average Bonchev–Trinajstić information content (AvgIpc) is 2.62. The molecule has 25 heavy (non-hydrogen) atoms. The number of hydrogen-bond acceptors (Lipinski definition) is 2. The third-order valence-electron chi connectivity index (χ3n) is 4.68. The summed E-state index contributed by atoms with van der Waals surface area (Å²) in [5.41, 5.74) is 4.40. The van der Waals surface area contributed by atoms with Crippen molar-refractivity contribution in [1.29, 1.82) is 0 Å². The van der Waals surface area contributed by atoms with Crippen LogP contribution in [0.25, 0.3) is 0 Å². The molecule has 0 bridgehead atoms. The molecule has 1 heterocycles. The van der Waals surface area contributed by atoms with E-state index in [1.54, 1.807) is 4.90 Å². The van der Waals surface area contributed by atoms with Crippen LogP contribution >= 0.6 is 0 Å². The molecule has 0 fully saturated rings. The van der Waals surface area contributed by atoms with Crippen molar-refractivity contribution in [2.45, 2.75) is 33.2 Å². The normalized spacial score (nSPS) is 13.3. The maximum absolute atomic E-state index is 12.9. The Hall–Kier alpha value is -2.62. The smallest absolute Gasteiger partial charge is 0.246 e. The molecular formula is C21H24N2O2. The standard InChI is InChI=1S/C21H24N2O2/c1-16-9-11-18(12-10-16)14-22(17(2)24)15-21(25)23-13-5-7-19-6-3-4-8-20(19)23/h3-4,6,8-12H,5,7,13-15H2,1-2H3. The van der Waals surface area contributed by atoms with Crippen molar-refractivity contribution >= 4 is 17.5 Å². The fourth-order valence-corrected chi connectivity index (χ4v) is 3.23. The Morgan fingerprint density at radius 3 is 2.52 bits per heavy atom. The average molecular weight is 336 g/mol. The summed E-state index contributed by atoms with van der Waals surface area (Å²) in [5.74, 6) is -0.103. The van der Waals surface area contributed by atoms with Crippen LogP contribution < -0.4 is 4.90 Å². The van der Waals surface area contributed by atoms with E-state index in [9.17, 15) is 9.59 Å². The monoisotopic (exact) mass is 336 g/mol. The Balaban J connectivity index is 1.73. The highest BCUT2D eigenvalue weighted by molar-refractivity contribution is 5.97. The summed E-state index contributed by atoms with van der Waals surface area (Å²) in [6.45, 7) is 4.83. The first-order valence-corrected chi connectivity index (χ1v) is 8.74. The summed E-state index contributed by atoms with van der Waals surface area (Å²) in [5, 5.41) is 0. The number of nitrogens with zero attached hydrogens (tertiary/aromatic N) is 2. The molecule has 1 aliphatic rings. The van der Waals surface area contributed by atoms with E-state index in [1.807, 2.05) is 54.3 Å². The topological polar surface area (TPSA) is 40.6 Å². The summed E-state index contributed by atoms with van der Waals surface area (Å²) in [7, 11) is 0. The van der Waals surface area contributed by atoms with Gasteiger partial charge in [0, 0.05) is 25.7 Å². The van der Waals surface area contributed by atoms with Crippen LogP contribution in [0, 0.1) is 6.92 Å². The van der Waals surface area contributed by atoms with Crippen molar-refractivity contribution in [1.82, 2.24) is 4.90 Å². The van der Waals surface area contributed by atoms with Gasteiger partial charge in [-0.15, -0.1) is 0 Å². The highest BCUT2D eigenvalue weighted by atomic mass is 16.2. The number of para-hydroxylation sites is 1. The number of carbonyl (C=O) groups is 2.